The van der Waals surface area contributed by atoms with Crippen molar-refractivity contribution in [2.24, 2.45) is 0 Å². The van der Waals surface area contributed by atoms with E-state index >= 15 is 0 Å². The fourth-order valence-corrected chi connectivity index (χ4v) is 1.10. The van der Waals surface area contributed by atoms with Gasteiger partial charge in [-0.15, -0.1) is 0 Å². The molecular weight excluding hydrogens is 196 g/mol. The number of nitrogens with zero attached hydrogens (tertiary/aromatic N) is 2. The van der Waals surface area contributed by atoms with Crippen molar-refractivity contribution in [3.63, 3.8) is 0 Å². The van der Waals surface area contributed by atoms with E-state index in [1.54, 1.807) is 0 Å². The van der Waals surface area contributed by atoms with Gasteiger partial charge >= 0.3 is 5.97 Å². The van der Waals surface area contributed by atoms with Crippen molar-refractivity contribution in [1.29, 1.82) is 0 Å². The predicted molar refractivity (Wildman–Crippen MR) is 54.8 cm³/mol. The van der Waals surface area contributed by atoms with Crippen LogP contribution in [0.3, 0.4) is 0 Å². The Labute approximate surface area is 87.4 Å². The van der Waals surface area contributed by atoms with Gasteiger partial charge in [0.25, 0.3) is 5.56 Å². The van der Waals surface area contributed by atoms with Gasteiger partial charge in [-0.25, -0.2) is 4.98 Å². The summed E-state index contributed by atoms with van der Waals surface area (Å²) >= 11 is 0. The van der Waals surface area contributed by atoms with Crippen LogP contribution in [0.25, 0.3) is 0 Å². The van der Waals surface area contributed by atoms with Crippen molar-refractivity contribution >= 4 is 5.97 Å². The van der Waals surface area contributed by atoms with Crippen molar-refractivity contribution in [2.45, 2.75) is 32.7 Å². The summed E-state index contributed by atoms with van der Waals surface area (Å²) in [5.41, 5.74) is 0.119. The topological polar surface area (TPSA) is 72.2 Å². The number of carbonyl (C=O) groups is 1. The lowest BCUT2D eigenvalue weighted by Gasteiger charge is -2.17. The highest BCUT2D eigenvalue weighted by Crippen LogP contribution is 2.17. The van der Waals surface area contributed by atoms with E-state index in [0.29, 0.717) is 5.69 Å². The first-order valence-electron chi connectivity index (χ1n) is 4.59. The third-order valence-corrected chi connectivity index (χ3v) is 1.95. The normalized spacial score (nSPS) is 11.4. The highest BCUT2D eigenvalue weighted by Gasteiger charge is 2.16. The van der Waals surface area contributed by atoms with Crippen LogP contribution in [-0.2, 0) is 16.8 Å². The molecule has 1 rings (SSSR count). The van der Waals surface area contributed by atoms with Crippen molar-refractivity contribution < 1.29 is 9.90 Å². The van der Waals surface area contributed by atoms with Crippen LogP contribution in [0.1, 0.15) is 26.5 Å². The standard InChI is InChI=1S/C10H14N2O3/c1-10(2,3)7-4-8(13)12(6-11-7)5-9(14)15/h4,6H,5H2,1-3H3,(H,14,15). The molecule has 0 saturated carbocycles. The van der Waals surface area contributed by atoms with E-state index in [2.05, 4.69) is 4.98 Å². The predicted octanol–water partition coefficient (Wildman–Crippen LogP) is 0.625. The Morgan fingerprint density at radius 2 is 2.13 bits per heavy atom. The molecule has 15 heavy (non-hydrogen) atoms. The van der Waals surface area contributed by atoms with E-state index in [9.17, 15) is 9.59 Å². The zero-order valence-corrected chi connectivity index (χ0v) is 9.02. The molecule has 0 aliphatic rings. The van der Waals surface area contributed by atoms with Gasteiger partial charge in [0.05, 0.1) is 12.0 Å². The fraction of sp³-hybridized carbons (Fsp3) is 0.500. The number of aromatic nitrogens is 2. The Morgan fingerprint density at radius 1 is 1.53 bits per heavy atom. The smallest absolute Gasteiger partial charge is 0.323 e. The van der Waals surface area contributed by atoms with Crippen molar-refractivity contribution in [1.82, 2.24) is 9.55 Å². The summed E-state index contributed by atoms with van der Waals surface area (Å²) < 4.78 is 1.07. The van der Waals surface area contributed by atoms with Crippen LogP contribution in [-0.4, -0.2) is 20.6 Å². The molecule has 1 aromatic heterocycles. The lowest BCUT2D eigenvalue weighted by Crippen LogP contribution is -2.27. The quantitative estimate of drug-likeness (QED) is 0.776. The molecule has 0 radical (unpaired) electrons. The molecule has 5 heteroatoms. The van der Waals surface area contributed by atoms with Gasteiger partial charge in [0.2, 0.25) is 0 Å². The Kier molecular flexibility index (Phi) is 2.93. The van der Waals surface area contributed by atoms with E-state index in [4.69, 9.17) is 5.11 Å². The SMILES string of the molecule is CC(C)(C)c1cc(=O)n(CC(=O)O)cn1. The number of aliphatic carboxylic acids is 1. The molecular formula is C10H14N2O3. The van der Waals surface area contributed by atoms with Gasteiger partial charge in [-0.05, 0) is 0 Å². The van der Waals surface area contributed by atoms with E-state index in [1.807, 2.05) is 20.8 Å². The summed E-state index contributed by atoms with van der Waals surface area (Å²) in [6, 6.07) is 1.38. The highest BCUT2D eigenvalue weighted by molar-refractivity contribution is 5.66. The first-order valence-corrected chi connectivity index (χ1v) is 4.59. The lowest BCUT2D eigenvalue weighted by molar-refractivity contribution is -0.137. The van der Waals surface area contributed by atoms with Gasteiger partial charge in [-0.3, -0.25) is 14.2 Å². The van der Waals surface area contributed by atoms with Gasteiger partial charge in [0.1, 0.15) is 6.54 Å². The Morgan fingerprint density at radius 3 is 2.53 bits per heavy atom. The van der Waals surface area contributed by atoms with Crippen LogP contribution >= 0.6 is 0 Å². The van der Waals surface area contributed by atoms with Gasteiger partial charge in [0, 0.05) is 11.5 Å². The molecule has 1 N–H and O–H groups in total. The van der Waals surface area contributed by atoms with E-state index < -0.39 is 5.97 Å². The van der Waals surface area contributed by atoms with Gasteiger partial charge in [-0.2, -0.15) is 0 Å². The maximum Gasteiger partial charge on any atom is 0.323 e. The Hall–Kier alpha value is -1.65. The number of hydrogen-bond acceptors (Lipinski definition) is 3. The molecule has 0 atom stereocenters. The zero-order valence-electron chi connectivity index (χ0n) is 9.02. The first kappa shape index (κ1) is 11.4. The van der Waals surface area contributed by atoms with E-state index in [-0.39, 0.29) is 17.5 Å². The van der Waals surface area contributed by atoms with Crippen molar-refractivity contribution in [3.8, 4) is 0 Å². The van der Waals surface area contributed by atoms with Crippen LogP contribution in [0.15, 0.2) is 17.2 Å². The molecule has 0 unspecified atom stereocenters. The molecule has 82 valence electrons. The fourth-order valence-electron chi connectivity index (χ4n) is 1.10. The second-order valence-electron chi connectivity index (χ2n) is 4.38. The summed E-state index contributed by atoms with van der Waals surface area (Å²) in [6.45, 7) is 5.47. The van der Waals surface area contributed by atoms with Crippen molar-refractivity contribution in [2.75, 3.05) is 0 Å². The molecule has 1 aromatic rings. The molecule has 5 nitrogen and oxygen atoms in total. The maximum atomic E-state index is 11.5. The summed E-state index contributed by atoms with van der Waals surface area (Å²) in [5, 5.41) is 8.53. The molecule has 1 heterocycles. The minimum Gasteiger partial charge on any atom is -0.480 e. The number of carboxylic acid groups (broad SMARTS) is 1. The maximum absolute atomic E-state index is 11.5. The summed E-state index contributed by atoms with van der Waals surface area (Å²) in [5.74, 6) is -1.05. The van der Waals surface area contributed by atoms with Crippen molar-refractivity contribution in [3.05, 3.63) is 28.4 Å². The second-order valence-corrected chi connectivity index (χ2v) is 4.38. The van der Waals surface area contributed by atoms with Gasteiger partial charge in [-0.1, -0.05) is 20.8 Å². The third kappa shape index (κ3) is 2.90. The number of hydrogen-bond donors (Lipinski definition) is 1. The van der Waals surface area contributed by atoms with Crippen LogP contribution < -0.4 is 5.56 Å². The van der Waals surface area contributed by atoms with Crippen LogP contribution in [0.4, 0.5) is 0 Å². The molecule has 0 aromatic carbocycles. The molecule has 0 spiro atoms. The summed E-state index contributed by atoms with van der Waals surface area (Å²) in [7, 11) is 0. The average molecular weight is 210 g/mol. The molecule has 0 bridgehead atoms. The highest BCUT2D eigenvalue weighted by atomic mass is 16.4. The number of rotatable bonds is 2. The third-order valence-electron chi connectivity index (χ3n) is 1.95. The Bertz CT molecular complexity index is 429. The molecule has 0 saturated heterocycles. The molecule has 0 aliphatic carbocycles. The minimum atomic E-state index is -1.05. The second kappa shape index (κ2) is 3.84. The van der Waals surface area contributed by atoms with E-state index in [1.165, 1.54) is 12.4 Å². The Balaban J connectivity index is 3.09. The number of carboxylic acids is 1. The first-order chi connectivity index (χ1) is 6.80. The molecule has 0 amide bonds. The zero-order chi connectivity index (χ0) is 11.6. The molecule has 0 fully saturated rings. The monoisotopic (exact) mass is 210 g/mol. The molecule has 0 aliphatic heterocycles. The van der Waals surface area contributed by atoms with E-state index in [0.717, 1.165) is 4.57 Å². The summed E-state index contributed by atoms with van der Waals surface area (Å²) in [6.07, 6.45) is 1.27. The van der Waals surface area contributed by atoms with Crippen LogP contribution in [0, 0.1) is 0 Å². The van der Waals surface area contributed by atoms with Gasteiger partial charge in [0.15, 0.2) is 0 Å². The average Bonchev–Trinajstić information content (AvgIpc) is 2.05. The van der Waals surface area contributed by atoms with Gasteiger partial charge < -0.3 is 5.11 Å². The minimum absolute atomic E-state index is 0.207. The lowest BCUT2D eigenvalue weighted by atomic mass is 9.92. The summed E-state index contributed by atoms with van der Waals surface area (Å²) in [4.78, 5) is 26.0. The van der Waals surface area contributed by atoms with Crippen LogP contribution in [0.5, 0.6) is 0 Å². The largest absolute Gasteiger partial charge is 0.480 e. The van der Waals surface area contributed by atoms with Crippen LogP contribution in [0.2, 0.25) is 0 Å².